The molecule has 1 N–H and O–H groups in total. The van der Waals surface area contributed by atoms with Crippen molar-refractivity contribution in [2.45, 2.75) is 31.7 Å². The minimum atomic E-state index is -3.22. The number of amides is 1. The number of carbonyl (C=O) groups excluding carboxylic acids is 1. The van der Waals surface area contributed by atoms with E-state index < -0.39 is 9.84 Å². The van der Waals surface area contributed by atoms with Crippen LogP contribution in [0.3, 0.4) is 0 Å². The number of carbonyl (C=O) groups is 1. The van der Waals surface area contributed by atoms with Crippen LogP contribution >= 0.6 is 0 Å². The first-order valence-corrected chi connectivity index (χ1v) is 9.85. The lowest BCUT2D eigenvalue weighted by molar-refractivity contribution is -0.123. The maximum Gasteiger partial charge on any atom is 0.258 e. The smallest absolute Gasteiger partial charge is 0.258 e. The molecule has 1 unspecified atom stereocenters. The summed E-state index contributed by atoms with van der Waals surface area (Å²) in [6, 6.07) is 12.0. The molecule has 25 heavy (non-hydrogen) atoms. The van der Waals surface area contributed by atoms with Crippen molar-refractivity contribution in [1.82, 2.24) is 5.32 Å². The molecule has 0 spiro atoms. The fourth-order valence-corrected chi connectivity index (χ4v) is 3.11. The van der Waals surface area contributed by atoms with E-state index in [4.69, 9.17) is 4.74 Å². The maximum atomic E-state index is 12.1. The third-order valence-electron chi connectivity index (χ3n) is 3.87. The molecule has 0 bridgehead atoms. The summed E-state index contributed by atoms with van der Waals surface area (Å²) in [4.78, 5) is 12.3. The topological polar surface area (TPSA) is 72.5 Å². The zero-order valence-electron chi connectivity index (χ0n) is 14.9. The van der Waals surface area contributed by atoms with Gasteiger partial charge in [0.2, 0.25) is 0 Å². The SMILES string of the molecule is Cc1ccc(OCC(=O)NC(C)c2ccc(S(C)(=O)=O)cc2)c(C)c1. The maximum absolute atomic E-state index is 12.1. The van der Waals surface area contributed by atoms with Crippen LogP contribution in [0, 0.1) is 13.8 Å². The van der Waals surface area contributed by atoms with Gasteiger partial charge >= 0.3 is 0 Å². The summed E-state index contributed by atoms with van der Waals surface area (Å²) in [5, 5.41) is 2.84. The van der Waals surface area contributed by atoms with Gasteiger partial charge in [0.1, 0.15) is 5.75 Å². The molecule has 0 fully saturated rings. The van der Waals surface area contributed by atoms with E-state index in [1.807, 2.05) is 39.0 Å². The van der Waals surface area contributed by atoms with Gasteiger partial charge in [-0.25, -0.2) is 8.42 Å². The Bertz CT molecular complexity index is 857. The van der Waals surface area contributed by atoms with E-state index >= 15 is 0 Å². The fourth-order valence-electron chi connectivity index (χ4n) is 2.47. The van der Waals surface area contributed by atoms with Gasteiger partial charge in [0.25, 0.3) is 5.91 Å². The van der Waals surface area contributed by atoms with Crippen LogP contribution in [0.15, 0.2) is 47.4 Å². The highest BCUT2D eigenvalue weighted by atomic mass is 32.2. The summed E-state index contributed by atoms with van der Waals surface area (Å²) >= 11 is 0. The largest absolute Gasteiger partial charge is 0.484 e. The minimum absolute atomic E-state index is 0.0737. The number of rotatable bonds is 6. The van der Waals surface area contributed by atoms with E-state index in [0.717, 1.165) is 22.9 Å². The average molecular weight is 361 g/mol. The van der Waals surface area contributed by atoms with Gasteiger partial charge in [0.05, 0.1) is 10.9 Å². The first kappa shape index (κ1) is 19.0. The van der Waals surface area contributed by atoms with Gasteiger partial charge in [-0.1, -0.05) is 29.8 Å². The molecule has 6 heteroatoms. The van der Waals surface area contributed by atoms with Crippen LogP contribution in [0.1, 0.15) is 29.7 Å². The predicted octanol–water partition coefficient (Wildman–Crippen LogP) is 2.96. The summed E-state index contributed by atoms with van der Waals surface area (Å²) < 4.78 is 28.5. The molecule has 0 saturated carbocycles. The molecule has 134 valence electrons. The van der Waals surface area contributed by atoms with Crippen molar-refractivity contribution in [1.29, 1.82) is 0 Å². The van der Waals surface area contributed by atoms with E-state index in [9.17, 15) is 13.2 Å². The molecule has 0 aliphatic carbocycles. The average Bonchev–Trinajstić information content (AvgIpc) is 2.53. The van der Waals surface area contributed by atoms with Crippen molar-refractivity contribution < 1.29 is 17.9 Å². The molecule has 0 radical (unpaired) electrons. The Hall–Kier alpha value is -2.34. The van der Waals surface area contributed by atoms with Gasteiger partial charge in [0.15, 0.2) is 16.4 Å². The van der Waals surface area contributed by atoms with Crippen molar-refractivity contribution in [2.24, 2.45) is 0 Å². The number of ether oxygens (including phenoxy) is 1. The van der Waals surface area contributed by atoms with E-state index in [1.54, 1.807) is 24.3 Å². The number of aryl methyl sites for hydroxylation is 2. The highest BCUT2D eigenvalue weighted by Gasteiger charge is 2.12. The molecule has 1 atom stereocenters. The number of hydrogen-bond donors (Lipinski definition) is 1. The summed E-state index contributed by atoms with van der Waals surface area (Å²) in [5.41, 5.74) is 2.95. The molecule has 2 rings (SSSR count). The van der Waals surface area contributed by atoms with Crippen LogP contribution in [0.5, 0.6) is 5.75 Å². The lowest BCUT2D eigenvalue weighted by atomic mass is 10.1. The van der Waals surface area contributed by atoms with Crippen LogP contribution < -0.4 is 10.1 Å². The van der Waals surface area contributed by atoms with Crippen LogP contribution in [0.4, 0.5) is 0 Å². The molecular weight excluding hydrogens is 338 g/mol. The van der Waals surface area contributed by atoms with Crippen LogP contribution in [-0.2, 0) is 14.6 Å². The van der Waals surface area contributed by atoms with Crippen molar-refractivity contribution in [3.63, 3.8) is 0 Å². The fraction of sp³-hybridized carbons (Fsp3) is 0.316. The molecule has 0 aromatic heterocycles. The Morgan fingerprint density at radius 2 is 1.76 bits per heavy atom. The van der Waals surface area contributed by atoms with Crippen LogP contribution in [-0.4, -0.2) is 27.2 Å². The Balaban J connectivity index is 1.93. The van der Waals surface area contributed by atoms with Crippen LogP contribution in [0.2, 0.25) is 0 Å². The number of benzene rings is 2. The van der Waals surface area contributed by atoms with Gasteiger partial charge in [0, 0.05) is 6.26 Å². The molecule has 0 saturated heterocycles. The molecule has 1 amide bonds. The second kappa shape index (κ2) is 7.70. The zero-order chi connectivity index (χ0) is 18.6. The quantitative estimate of drug-likeness (QED) is 0.858. The molecule has 0 heterocycles. The monoisotopic (exact) mass is 361 g/mol. The zero-order valence-corrected chi connectivity index (χ0v) is 15.7. The van der Waals surface area contributed by atoms with Gasteiger partial charge in [-0.05, 0) is 50.1 Å². The summed E-state index contributed by atoms with van der Waals surface area (Å²) in [6.07, 6.45) is 1.16. The van der Waals surface area contributed by atoms with Crippen molar-refractivity contribution in [2.75, 3.05) is 12.9 Å². The molecule has 0 aliphatic heterocycles. The van der Waals surface area contributed by atoms with Crippen LogP contribution in [0.25, 0.3) is 0 Å². The highest BCUT2D eigenvalue weighted by Crippen LogP contribution is 2.19. The molecule has 0 aliphatic rings. The number of nitrogens with one attached hydrogen (secondary N) is 1. The van der Waals surface area contributed by atoms with E-state index in [2.05, 4.69) is 5.32 Å². The first-order valence-electron chi connectivity index (χ1n) is 7.96. The standard InChI is InChI=1S/C19H23NO4S/c1-13-5-10-18(14(2)11-13)24-12-19(21)20-15(3)16-6-8-17(9-7-16)25(4,22)23/h5-11,15H,12H2,1-4H3,(H,20,21). The Kier molecular flexibility index (Phi) is 5.85. The summed E-state index contributed by atoms with van der Waals surface area (Å²) in [7, 11) is -3.22. The number of hydrogen-bond acceptors (Lipinski definition) is 4. The lowest BCUT2D eigenvalue weighted by Gasteiger charge is -2.16. The van der Waals surface area contributed by atoms with Crippen molar-refractivity contribution >= 4 is 15.7 Å². The van der Waals surface area contributed by atoms with Gasteiger partial charge in [-0.3, -0.25) is 4.79 Å². The van der Waals surface area contributed by atoms with Crippen molar-refractivity contribution in [3.8, 4) is 5.75 Å². The van der Waals surface area contributed by atoms with Gasteiger partial charge in [-0.2, -0.15) is 0 Å². The Morgan fingerprint density at radius 3 is 2.32 bits per heavy atom. The first-order chi connectivity index (χ1) is 11.7. The summed E-state index contributed by atoms with van der Waals surface area (Å²) in [5.74, 6) is 0.450. The van der Waals surface area contributed by atoms with E-state index in [1.165, 1.54) is 0 Å². The van der Waals surface area contributed by atoms with E-state index in [-0.39, 0.29) is 23.5 Å². The third kappa shape index (κ3) is 5.32. The Morgan fingerprint density at radius 1 is 1.12 bits per heavy atom. The highest BCUT2D eigenvalue weighted by molar-refractivity contribution is 7.90. The van der Waals surface area contributed by atoms with Gasteiger partial charge < -0.3 is 10.1 Å². The minimum Gasteiger partial charge on any atom is -0.484 e. The summed E-state index contributed by atoms with van der Waals surface area (Å²) in [6.45, 7) is 5.70. The molecule has 5 nitrogen and oxygen atoms in total. The predicted molar refractivity (Wildman–Crippen MR) is 97.5 cm³/mol. The van der Waals surface area contributed by atoms with Gasteiger partial charge in [-0.15, -0.1) is 0 Å². The molecule has 2 aromatic carbocycles. The molecular formula is C19H23NO4S. The lowest BCUT2D eigenvalue weighted by Crippen LogP contribution is -2.31. The normalized spacial score (nSPS) is 12.5. The second-order valence-corrected chi connectivity index (χ2v) is 8.20. The Labute approximate surface area is 148 Å². The third-order valence-corrected chi connectivity index (χ3v) is 5.00. The van der Waals surface area contributed by atoms with Crippen molar-refractivity contribution in [3.05, 3.63) is 59.2 Å². The number of sulfone groups is 1. The molecule has 2 aromatic rings. The van der Waals surface area contributed by atoms with E-state index in [0.29, 0.717) is 5.75 Å². The second-order valence-electron chi connectivity index (χ2n) is 6.19.